The number of likely N-dealkylation sites (N-methyl/N-ethyl adjacent to an activating group) is 1. The zero-order chi connectivity index (χ0) is 12.7. The highest BCUT2D eigenvalue weighted by molar-refractivity contribution is 5.42. The van der Waals surface area contributed by atoms with Crippen molar-refractivity contribution in [3.8, 4) is 11.5 Å². The van der Waals surface area contributed by atoms with Crippen LogP contribution in [0.1, 0.15) is 18.6 Å². The molecule has 0 spiro atoms. The second-order valence-corrected chi connectivity index (χ2v) is 3.61. The first-order chi connectivity index (χ1) is 8.26. The summed E-state index contributed by atoms with van der Waals surface area (Å²) < 4.78 is 16.2. The molecule has 96 valence electrons. The van der Waals surface area contributed by atoms with Gasteiger partial charge in [0.1, 0.15) is 11.5 Å². The third kappa shape index (κ3) is 3.61. The third-order valence-electron chi connectivity index (χ3n) is 2.54. The van der Waals surface area contributed by atoms with Gasteiger partial charge in [-0.2, -0.15) is 0 Å². The summed E-state index contributed by atoms with van der Waals surface area (Å²) in [6.07, 6.45) is -0.00847. The van der Waals surface area contributed by atoms with Gasteiger partial charge in [0, 0.05) is 24.8 Å². The highest BCUT2D eigenvalue weighted by Crippen LogP contribution is 2.30. The van der Waals surface area contributed by atoms with Crippen LogP contribution in [0.4, 0.5) is 0 Å². The quantitative estimate of drug-likeness (QED) is 0.790. The van der Waals surface area contributed by atoms with Crippen molar-refractivity contribution in [1.82, 2.24) is 5.32 Å². The molecule has 0 aromatic heterocycles. The molecule has 0 saturated heterocycles. The van der Waals surface area contributed by atoms with Crippen LogP contribution in [0.5, 0.6) is 11.5 Å². The number of hydrogen-bond donors (Lipinski definition) is 1. The van der Waals surface area contributed by atoms with Crippen LogP contribution >= 0.6 is 0 Å². The van der Waals surface area contributed by atoms with E-state index in [0.717, 1.165) is 23.6 Å². The minimum absolute atomic E-state index is 0.00847. The summed E-state index contributed by atoms with van der Waals surface area (Å²) in [5.74, 6) is 1.57. The summed E-state index contributed by atoms with van der Waals surface area (Å²) in [6.45, 7) is 3.40. The van der Waals surface area contributed by atoms with Crippen LogP contribution in [0.25, 0.3) is 0 Å². The van der Waals surface area contributed by atoms with Gasteiger partial charge < -0.3 is 19.5 Å². The molecular formula is C13H21NO3. The van der Waals surface area contributed by atoms with Crippen molar-refractivity contribution in [2.75, 3.05) is 34.4 Å². The highest BCUT2D eigenvalue weighted by Gasteiger charge is 2.16. The lowest BCUT2D eigenvalue weighted by Gasteiger charge is -2.20. The summed E-state index contributed by atoms with van der Waals surface area (Å²) >= 11 is 0. The van der Waals surface area contributed by atoms with Gasteiger partial charge in [-0.05, 0) is 26.1 Å². The molecule has 0 aliphatic heterocycles. The molecule has 17 heavy (non-hydrogen) atoms. The van der Waals surface area contributed by atoms with E-state index in [-0.39, 0.29) is 6.10 Å². The summed E-state index contributed by atoms with van der Waals surface area (Å²) in [5.41, 5.74) is 1.03. The Morgan fingerprint density at radius 1 is 1.24 bits per heavy atom. The van der Waals surface area contributed by atoms with E-state index < -0.39 is 0 Å². The van der Waals surface area contributed by atoms with Crippen molar-refractivity contribution in [2.24, 2.45) is 0 Å². The molecule has 4 nitrogen and oxygen atoms in total. The molecule has 1 unspecified atom stereocenters. The van der Waals surface area contributed by atoms with Crippen LogP contribution < -0.4 is 14.8 Å². The van der Waals surface area contributed by atoms with Gasteiger partial charge in [-0.15, -0.1) is 0 Å². The summed E-state index contributed by atoms with van der Waals surface area (Å²) in [4.78, 5) is 0. The molecule has 0 amide bonds. The first kappa shape index (κ1) is 13.8. The minimum atomic E-state index is -0.00847. The van der Waals surface area contributed by atoms with Crippen molar-refractivity contribution in [3.63, 3.8) is 0 Å². The average Bonchev–Trinajstić information content (AvgIpc) is 2.37. The largest absolute Gasteiger partial charge is 0.497 e. The van der Waals surface area contributed by atoms with E-state index in [1.54, 1.807) is 14.2 Å². The average molecular weight is 239 g/mol. The topological polar surface area (TPSA) is 39.7 Å². The van der Waals surface area contributed by atoms with Gasteiger partial charge in [0.25, 0.3) is 0 Å². The Morgan fingerprint density at radius 2 is 2.00 bits per heavy atom. The molecule has 0 bridgehead atoms. The molecule has 1 N–H and O–H groups in total. The number of benzene rings is 1. The SMILES string of the molecule is CCOC(CNC)c1ccc(OC)cc1OC. The number of ether oxygens (including phenoxy) is 3. The Kier molecular flexibility index (Phi) is 5.80. The lowest BCUT2D eigenvalue weighted by Crippen LogP contribution is -2.20. The van der Waals surface area contributed by atoms with E-state index >= 15 is 0 Å². The fraction of sp³-hybridized carbons (Fsp3) is 0.538. The monoisotopic (exact) mass is 239 g/mol. The van der Waals surface area contributed by atoms with Crippen LogP contribution in [0.2, 0.25) is 0 Å². The summed E-state index contributed by atoms with van der Waals surface area (Å²) in [6, 6.07) is 5.77. The Bertz CT molecular complexity index is 335. The predicted molar refractivity (Wildman–Crippen MR) is 67.8 cm³/mol. The molecule has 0 saturated carbocycles. The molecular weight excluding hydrogens is 218 g/mol. The Hall–Kier alpha value is -1.26. The molecule has 1 aromatic rings. The van der Waals surface area contributed by atoms with Gasteiger partial charge >= 0.3 is 0 Å². The third-order valence-corrected chi connectivity index (χ3v) is 2.54. The molecule has 0 aliphatic carbocycles. The van der Waals surface area contributed by atoms with Crippen LogP contribution in [0.3, 0.4) is 0 Å². The molecule has 0 heterocycles. The van der Waals surface area contributed by atoms with Crippen molar-refractivity contribution in [3.05, 3.63) is 23.8 Å². The zero-order valence-corrected chi connectivity index (χ0v) is 10.9. The van der Waals surface area contributed by atoms with E-state index in [9.17, 15) is 0 Å². The molecule has 0 aliphatic rings. The van der Waals surface area contributed by atoms with E-state index in [1.807, 2.05) is 32.2 Å². The molecule has 1 aromatic carbocycles. The maximum atomic E-state index is 5.70. The van der Waals surface area contributed by atoms with Crippen LogP contribution in [0.15, 0.2) is 18.2 Å². The second kappa shape index (κ2) is 7.14. The van der Waals surface area contributed by atoms with Crippen molar-refractivity contribution < 1.29 is 14.2 Å². The lowest BCUT2D eigenvalue weighted by molar-refractivity contribution is 0.0619. The Labute approximate surface area is 103 Å². The first-order valence-electron chi connectivity index (χ1n) is 5.74. The normalized spacial score (nSPS) is 12.2. The van der Waals surface area contributed by atoms with E-state index in [0.29, 0.717) is 6.61 Å². The van der Waals surface area contributed by atoms with Crippen molar-refractivity contribution in [2.45, 2.75) is 13.0 Å². The van der Waals surface area contributed by atoms with Crippen LogP contribution in [-0.4, -0.2) is 34.4 Å². The summed E-state index contributed by atoms with van der Waals surface area (Å²) in [5, 5.41) is 3.12. The highest BCUT2D eigenvalue weighted by atomic mass is 16.5. The maximum absolute atomic E-state index is 5.70. The van der Waals surface area contributed by atoms with Crippen LogP contribution in [0, 0.1) is 0 Å². The van der Waals surface area contributed by atoms with Gasteiger partial charge in [-0.3, -0.25) is 0 Å². The van der Waals surface area contributed by atoms with Crippen molar-refractivity contribution >= 4 is 0 Å². The van der Waals surface area contributed by atoms with E-state index in [2.05, 4.69) is 5.32 Å². The fourth-order valence-corrected chi connectivity index (χ4v) is 1.73. The van der Waals surface area contributed by atoms with Gasteiger partial charge in [-0.25, -0.2) is 0 Å². The molecule has 0 radical (unpaired) electrons. The predicted octanol–water partition coefficient (Wildman–Crippen LogP) is 2.00. The van der Waals surface area contributed by atoms with Gasteiger partial charge in [0.15, 0.2) is 0 Å². The summed E-state index contributed by atoms with van der Waals surface area (Å²) in [7, 11) is 5.20. The number of rotatable bonds is 7. The standard InChI is InChI=1S/C13H21NO3/c1-5-17-13(9-14-2)11-7-6-10(15-3)8-12(11)16-4/h6-8,13-14H,5,9H2,1-4H3. The van der Waals surface area contributed by atoms with Crippen molar-refractivity contribution in [1.29, 1.82) is 0 Å². The zero-order valence-electron chi connectivity index (χ0n) is 10.9. The molecule has 0 fully saturated rings. The van der Waals surface area contributed by atoms with Gasteiger partial charge in [-0.1, -0.05) is 0 Å². The fourth-order valence-electron chi connectivity index (χ4n) is 1.73. The maximum Gasteiger partial charge on any atom is 0.128 e. The number of methoxy groups -OCH3 is 2. The second-order valence-electron chi connectivity index (χ2n) is 3.61. The number of nitrogens with one attached hydrogen (secondary N) is 1. The van der Waals surface area contributed by atoms with Crippen LogP contribution in [-0.2, 0) is 4.74 Å². The smallest absolute Gasteiger partial charge is 0.128 e. The molecule has 4 heteroatoms. The minimum Gasteiger partial charge on any atom is -0.497 e. The number of hydrogen-bond acceptors (Lipinski definition) is 4. The van der Waals surface area contributed by atoms with E-state index in [1.165, 1.54) is 0 Å². The molecule has 1 rings (SSSR count). The van der Waals surface area contributed by atoms with E-state index in [4.69, 9.17) is 14.2 Å². The Morgan fingerprint density at radius 3 is 2.53 bits per heavy atom. The van der Waals surface area contributed by atoms with Gasteiger partial charge in [0.2, 0.25) is 0 Å². The first-order valence-corrected chi connectivity index (χ1v) is 5.74. The lowest BCUT2D eigenvalue weighted by atomic mass is 10.1. The van der Waals surface area contributed by atoms with Gasteiger partial charge in [0.05, 0.1) is 20.3 Å². The Balaban J connectivity index is 2.99. The molecule has 1 atom stereocenters.